The molecule has 0 spiro atoms. The number of nitrogens with zero attached hydrogens (tertiary/aromatic N) is 3. The minimum Gasteiger partial charge on any atom is -0.258 e. The number of benzene rings is 1. The first-order valence-electron chi connectivity index (χ1n) is 5.76. The topological polar surface area (TPSA) is 68.9 Å². The molecule has 0 aliphatic carbocycles. The lowest BCUT2D eigenvalue weighted by Crippen LogP contribution is -1.98. The van der Waals surface area contributed by atoms with E-state index in [1.165, 1.54) is 12.1 Å². The van der Waals surface area contributed by atoms with Crippen molar-refractivity contribution in [2.24, 2.45) is 0 Å². The van der Waals surface area contributed by atoms with E-state index in [0.29, 0.717) is 16.5 Å². The van der Waals surface area contributed by atoms with Crippen LogP contribution in [0.5, 0.6) is 0 Å². The highest BCUT2D eigenvalue weighted by Gasteiger charge is 2.12. The molecule has 2 aromatic rings. The van der Waals surface area contributed by atoms with Gasteiger partial charge in [-0.25, -0.2) is 9.97 Å². The number of non-ortho nitro benzene ring substituents is 1. The van der Waals surface area contributed by atoms with Crippen LogP contribution in [-0.2, 0) is 0 Å². The van der Waals surface area contributed by atoms with Gasteiger partial charge in [-0.3, -0.25) is 10.1 Å². The molecule has 98 valence electrons. The van der Waals surface area contributed by atoms with Gasteiger partial charge >= 0.3 is 0 Å². The molecule has 2 rings (SSSR count). The zero-order chi connectivity index (χ0) is 14.0. The third kappa shape index (κ3) is 3.06. The van der Waals surface area contributed by atoms with Crippen molar-refractivity contribution in [2.75, 3.05) is 0 Å². The summed E-state index contributed by atoms with van der Waals surface area (Å²) in [5, 5.41) is 11.1. The average Bonchev–Trinajstić information content (AvgIpc) is 2.38. The van der Waals surface area contributed by atoms with Crippen LogP contribution in [-0.4, -0.2) is 14.9 Å². The van der Waals surface area contributed by atoms with Gasteiger partial charge in [0.1, 0.15) is 5.15 Å². The summed E-state index contributed by atoms with van der Waals surface area (Å²) >= 11 is 5.96. The largest absolute Gasteiger partial charge is 0.270 e. The molecule has 5 nitrogen and oxygen atoms in total. The first kappa shape index (κ1) is 13.4. The molecule has 19 heavy (non-hydrogen) atoms. The van der Waals surface area contributed by atoms with E-state index in [-0.39, 0.29) is 11.6 Å². The summed E-state index contributed by atoms with van der Waals surface area (Å²) in [6.45, 7) is 3.99. The van der Waals surface area contributed by atoms with E-state index in [0.717, 1.165) is 5.69 Å². The van der Waals surface area contributed by atoms with Crippen LogP contribution < -0.4 is 0 Å². The molecule has 1 aromatic heterocycles. The molecule has 0 radical (unpaired) electrons. The molecule has 0 N–H and O–H groups in total. The highest BCUT2D eigenvalue weighted by atomic mass is 35.5. The SMILES string of the molecule is CC(C)c1cc(Cl)nc(-c2cccc([N+](=O)[O-])c2)n1. The molecule has 6 heteroatoms. The Morgan fingerprint density at radius 2 is 2.00 bits per heavy atom. The molecular weight excluding hydrogens is 266 g/mol. The van der Waals surface area contributed by atoms with Crippen molar-refractivity contribution in [3.05, 3.63) is 51.3 Å². The number of halogens is 1. The molecule has 1 aromatic carbocycles. The zero-order valence-corrected chi connectivity index (χ0v) is 11.3. The minimum atomic E-state index is -0.447. The van der Waals surface area contributed by atoms with Gasteiger partial charge in [-0.15, -0.1) is 0 Å². The van der Waals surface area contributed by atoms with Crippen LogP contribution in [0, 0.1) is 10.1 Å². The monoisotopic (exact) mass is 277 g/mol. The van der Waals surface area contributed by atoms with Crippen LogP contribution in [0.3, 0.4) is 0 Å². The minimum absolute atomic E-state index is 0.00664. The Bertz CT molecular complexity index is 629. The molecule has 0 saturated heterocycles. The number of hydrogen-bond donors (Lipinski definition) is 0. The van der Waals surface area contributed by atoms with Gasteiger partial charge in [0, 0.05) is 23.4 Å². The molecule has 0 aliphatic heterocycles. The summed E-state index contributed by atoms with van der Waals surface area (Å²) in [6.07, 6.45) is 0. The maximum atomic E-state index is 10.8. The van der Waals surface area contributed by atoms with Gasteiger partial charge in [0.15, 0.2) is 5.82 Å². The number of nitro groups is 1. The highest BCUT2D eigenvalue weighted by Crippen LogP contribution is 2.24. The van der Waals surface area contributed by atoms with Crippen LogP contribution >= 0.6 is 11.6 Å². The van der Waals surface area contributed by atoms with Gasteiger partial charge in [-0.1, -0.05) is 37.6 Å². The summed E-state index contributed by atoms with van der Waals surface area (Å²) in [5.41, 5.74) is 1.40. The number of rotatable bonds is 3. The van der Waals surface area contributed by atoms with Crippen LogP contribution in [0.25, 0.3) is 11.4 Å². The lowest BCUT2D eigenvalue weighted by atomic mass is 10.1. The summed E-state index contributed by atoms with van der Waals surface area (Å²) in [4.78, 5) is 18.8. The van der Waals surface area contributed by atoms with Crippen molar-refractivity contribution < 1.29 is 4.92 Å². The van der Waals surface area contributed by atoms with E-state index in [1.807, 2.05) is 13.8 Å². The maximum Gasteiger partial charge on any atom is 0.270 e. The molecule has 1 heterocycles. The molecule has 0 amide bonds. The third-order valence-corrected chi connectivity index (χ3v) is 2.82. The van der Waals surface area contributed by atoms with E-state index in [4.69, 9.17) is 11.6 Å². The second-order valence-electron chi connectivity index (χ2n) is 4.40. The van der Waals surface area contributed by atoms with Crippen molar-refractivity contribution in [1.29, 1.82) is 0 Å². The standard InChI is InChI=1S/C13H12ClN3O2/c1-8(2)11-7-12(14)16-13(15-11)9-4-3-5-10(6-9)17(18)19/h3-8H,1-2H3. The number of nitro benzene ring substituents is 1. The van der Waals surface area contributed by atoms with Crippen molar-refractivity contribution in [3.8, 4) is 11.4 Å². The van der Waals surface area contributed by atoms with Crippen molar-refractivity contribution in [2.45, 2.75) is 19.8 Å². The van der Waals surface area contributed by atoms with Gasteiger partial charge in [0.05, 0.1) is 4.92 Å². The molecule has 0 fully saturated rings. The number of hydrogen-bond acceptors (Lipinski definition) is 4. The Balaban J connectivity index is 2.52. The van der Waals surface area contributed by atoms with E-state index in [9.17, 15) is 10.1 Å². The molecule has 0 aliphatic rings. The first-order chi connectivity index (χ1) is 8.97. The summed E-state index contributed by atoms with van der Waals surface area (Å²) in [5.74, 6) is 0.609. The van der Waals surface area contributed by atoms with E-state index >= 15 is 0 Å². The molecular formula is C13H12ClN3O2. The van der Waals surface area contributed by atoms with Crippen LogP contribution in [0.1, 0.15) is 25.5 Å². The summed E-state index contributed by atoms with van der Waals surface area (Å²) < 4.78 is 0. The Morgan fingerprint density at radius 1 is 1.26 bits per heavy atom. The van der Waals surface area contributed by atoms with Crippen LogP contribution in [0.2, 0.25) is 5.15 Å². The lowest BCUT2D eigenvalue weighted by molar-refractivity contribution is -0.384. The average molecular weight is 278 g/mol. The van der Waals surface area contributed by atoms with Gasteiger partial charge in [0.2, 0.25) is 0 Å². The molecule has 0 atom stereocenters. The fourth-order valence-corrected chi connectivity index (χ4v) is 1.81. The Labute approximate surface area is 115 Å². The van der Waals surface area contributed by atoms with E-state index < -0.39 is 4.92 Å². The molecule has 0 unspecified atom stereocenters. The third-order valence-electron chi connectivity index (χ3n) is 2.62. The number of aromatic nitrogens is 2. The fourth-order valence-electron chi connectivity index (χ4n) is 1.62. The van der Waals surface area contributed by atoms with E-state index in [1.54, 1.807) is 18.2 Å². The zero-order valence-electron chi connectivity index (χ0n) is 10.5. The van der Waals surface area contributed by atoms with E-state index in [2.05, 4.69) is 9.97 Å². The predicted octanol–water partition coefficient (Wildman–Crippen LogP) is 3.83. The van der Waals surface area contributed by atoms with Crippen molar-refractivity contribution in [1.82, 2.24) is 9.97 Å². The predicted molar refractivity (Wildman–Crippen MR) is 73.2 cm³/mol. The smallest absolute Gasteiger partial charge is 0.258 e. The van der Waals surface area contributed by atoms with Crippen molar-refractivity contribution >= 4 is 17.3 Å². The molecule has 0 bridgehead atoms. The van der Waals surface area contributed by atoms with Crippen molar-refractivity contribution in [3.63, 3.8) is 0 Å². The van der Waals surface area contributed by atoms with Gasteiger partial charge in [-0.2, -0.15) is 0 Å². The fraction of sp³-hybridized carbons (Fsp3) is 0.231. The van der Waals surface area contributed by atoms with Crippen LogP contribution in [0.4, 0.5) is 5.69 Å². The first-order valence-corrected chi connectivity index (χ1v) is 6.14. The van der Waals surface area contributed by atoms with Crippen LogP contribution in [0.15, 0.2) is 30.3 Å². The Kier molecular flexibility index (Phi) is 3.76. The second kappa shape index (κ2) is 5.32. The highest BCUT2D eigenvalue weighted by molar-refractivity contribution is 6.29. The second-order valence-corrected chi connectivity index (χ2v) is 4.79. The van der Waals surface area contributed by atoms with Gasteiger partial charge < -0.3 is 0 Å². The Hall–Kier alpha value is -2.01. The van der Waals surface area contributed by atoms with Gasteiger partial charge in [-0.05, 0) is 12.0 Å². The summed E-state index contributed by atoms with van der Waals surface area (Å²) in [7, 11) is 0. The molecule has 0 saturated carbocycles. The quantitative estimate of drug-likeness (QED) is 0.486. The normalized spacial score (nSPS) is 10.7. The summed E-state index contributed by atoms with van der Waals surface area (Å²) in [6, 6.07) is 7.90. The van der Waals surface area contributed by atoms with Gasteiger partial charge in [0.25, 0.3) is 5.69 Å². The lowest BCUT2D eigenvalue weighted by Gasteiger charge is -2.07. The Morgan fingerprint density at radius 3 is 2.63 bits per heavy atom. The maximum absolute atomic E-state index is 10.8.